The molecular formula is C22H17F3N6O2S. The summed E-state index contributed by atoms with van der Waals surface area (Å²) < 4.78 is 68.7. The van der Waals surface area contributed by atoms with Crippen molar-refractivity contribution in [1.29, 1.82) is 0 Å². The molecule has 0 aliphatic rings. The van der Waals surface area contributed by atoms with Gasteiger partial charge in [-0.1, -0.05) is 13.0 Å². The average molecular weight is 486 g/mol. The van der Waals surface area contributed by atoms with Gasteiger partial charge in [-0.15, -0.1) is 0 Å². The highest BCUT2D eigenvalue weighted by atomic mass is 32.2. The number of hydrogen-bond acceptors (Lipinski definition) is 6. The number of pyridine rings is 3. The van der Waals surface area contributed by atoms with Gasteiger partial charge in [0.1, 0.15) is 17.0 Å². The predicted molar refractivity (Wildman–Crippen MR) is 119 cm³/mol. The second-order valence-corrected chi connectivity index (χ2v) is 9.84. The summed E-state index contributed by atoms with van der Waals surface area (Å²) in [5.41, 5.74) is 1.17. The first-order valence-electron chi connectivity index (χ1n) is 10.2. The fourth-order valence-electron chi connectivity index (χ4n) is 3.75. The lowest BCUT2D eigenvalue weighted by molar-refractivity contribution is -0.141. The highest BCUT2D eigenvalue weighted by Crippen LogP contribution is 2.34. The summed E-state index contributed by atoms with van der Waals surface area (Å²) in [6.45, 7) is 1.51. The van der Waals surface area contributed by atoms with Crippen LogP contribution in [-0.4, -0.2) is 43.1 Å². The molecule has 0 atom stereocenters. The van der Waals surface area contributed by atoms with Gasteiger partial charge in [0.2, 0.25) is 0 Å². The highest BCUT2D eigenvalue weighted by Gasteiger charge is 2.33. The van der Waals surface area contributed by atoms with Gasteiger partial charge in [0, 0.05) is 25.0 Å². The summed E-state index contributed by atoms with van der Waals surface area (Å²) >= 11 is 0. The lowest BCUT2D eigenvalue weighted by Gasteiger charge is -2.11. The maximum absolute atomic E-state index is 13.1. The van der Waals surface area contributed by atoms with Crippen LogP contribution in [-0.2, 0) is 23.1 Å². The van der Waals surface area contributed by atoms with Crippen LogP contribution in [0.5, 0.6) is 0 Å². The Balaban J connectivity index is 1.73. The summed E-state index contributed by atoms with van der Waals surface area (Å²) in [7, 11) is -2.20. The minimum Gasteiger partial charge on any atom is -0.324 e. The molecule has 0 amide bonds. The van der Waals surface area contributed by atoms with E-state index < -0.39 is 21.7 Å². The van der Waals surface area contributed by atoms with E-state index in [0.717, 1.165) is 12.3 Å². The average Bonchev–Trinajstić information content (AvgIpc) is 3.39. The maximum Gasteiger partial charge on any atom is 0.433 e. The quantitative estimate of drug-likeness (QED) is 0.379. The number of alkyl halides is 3. The predicted octanol–water partition coefficient (Wildman–Crippen LogP) is 4.16. The van der Waals surface area contributed by atoms with Crippen molar-refractivity contribution in [2.75, 3.05) is 5.75 Å². The lowest BCUT2D eigenvalue weighted by atomic mass is 10.2. The molecule has 174 valence electrons. The van der Waals surface area contributed by atoms with Crippen molar-refractivity contribution < 1.29 is 21.6 Å². The van der Waals surface area contributed by atoms with Gasteiger partial charge in [-0.3, -0.25) is 9.38 Å². The van der Waals surface area contributed by atoms with Crippen molar-refractivity contribution in [2.45, 2.75) is 18.0 Å². The molecule has 0 aliphatic carbocycles. The Kier molecular flexibility index (Phi) is 4.93. The summed E-state index contributed by atoms with van der Waals surface area (Å²) in [6, 6.07) is 7.81. The molecule has 0 radical (unpaired) electrons. The third kappa shape index (κ3) is 3.50. The summed E-state index contributed by atoms with van der Waals surface area (Å²) in [5.74, 6) is -0.0741. The van der Waals surface area contributed by atoms with Gasteiger partial charge in [-0.25, -0.2) is 23.4 Å². The third-order valence-electron chi connectivity index (χ3n) is 5.55. The molecule has 8 nitrogen and oxygen atoms in total. The molecule has 0 aromatic carbocycles. The molecule has 5 aromatic rings. The summed E-state index contributed by atoms with van der Waals surface area (Å²) in [6.07, 6.45) is 1.36. The standard InChI is InChI=1S/C22H17F3N6O2S/c1-3-34(32,33)17-8-13(15-11-27-19-6-4-5-7-31(15)19)10-28-20(17)21-29-14-9-18(22(23,24)25)26-12-16(14)30(21)2/h4-12H,3H2,1-2H3. The number of aromatic nitrogens is 6. The molecule has 12 heteroatoms. The summed E-state index contributed by atoms with van der Waals surface area (Å²) in [5, 5.41) is 0. The molecule has 0 saturated carbocycles. The van der Waals surface area contributed by atoms with Gasteiger partial charge in [-0.05, 0) is 24.3 Å². The minimum absolute atomic E-state index is 0.0346. The van der Waals surface area contributed by atoms with Gasteiger partial charge in [-0.2, -0.15) is 13.2 Å². The topological polar surface area (TPSA) is 95.0 Å². The maximum atomic E-state index is 13.1. The zero-order chi connectivity index (χ0) is 24.3. The SMILES string of the molecule is CCS(=O)(=O)c1cc(-c2cnc3ccccn23)cnc1-c1nc2cc(C(F)(F)F)ncc2n1C. The monoisotopic (exact) mass is 486 g/mol. The van der Waals surface area contributed by atoms with Crippen LogP contribution in [0.1, 0.15) is 12.6 Å². The molecule has 0 fully saturated rings. The Morgan fingerprint density at radius 3 is 2.56 bits per heavy atom. The molecule has 0 spiro atoms. The fourth-order valence-corrected chi connectivity index (χ4v) is 4.80. The Labute approximate surface area is 191 Å². The number of hydrogen-bond donors (Lipinski definition) is 0. The molecule has 0 N–H and O–H groups in total. The van der Waals surface area contributed by atoms with Gasteiger partial charge < -0.3 is 4.57 Å². The highest BCUT2D eigenvalue weighted by molar-refractivity contribution is 7.91. The van der Waals surface area contributed by atoms with Crippen molar-refractivity contribution in [2.24, 2.45) is 7.05 Å². The van der Waals surface area contributed by atoms with Gasteiger partial charge >= 0.3 is 6.18 Å². The van der Waals surface area contributed by atoms with Gasteiger partial charge in [0.25, 0.3) is 0 Å². The van der Waals surface area contributed by atoms with Crippen LogP contribution in [0.25, 0.3) is 39.5 Å². The summed E-state index contributed by atoms with van der Waals surface area (Å²) in [4.78, 5) is 16.4. The second kappa shape index (κ2) is 7.62. The molecule has 0 saturated heterocycles. The van der Waals surface area contributed by atoms with Crippen LogP contribution in [0, 0.1) is 0 Å². The van der Waals surface area contributed by atoms with Gasteiger partial charge in [0.15, 0.2) is 15.7 Å². The second-order valence-electron chi connectivity index (χ2n) is 7.60. The van der Waals surface area contributed by atoms with E-state index in [0.29, 0.717) is 22.4 Å². The molecule has 0 bridgehead atoms. The van der Waals surface area contributed by atoms with Crippen molar-refractivity contribution in [3.8, 4) is 22.8 Å². The Hall–Kier alpha value is -3.80. The Morgan fingerprint density at radius 2 is 1.82 bits per heavy atom. The number of sulfone groups is 1. The lowest BCUT2D eigenvalue weighted by Crippen LogP contribution is -2.09. The van der Waals surface area contributed by atoms with Crippen LogP contribution < -0.4 is 0 Å². The first-order chi connectivity index (χ1) is 16.1. The normalized spacial score (nSPS) is 12.6. The van der Waals surface area contributed by atoms with E-state index in [9.17, 15) is 21.6 Å². The molecule has 0 aliphatic heterocycles. The molecule has 5 aromatic heterocycles. The van der Waals surface area contributed by atoms with E-state index in [1.165, 1.54) is 23.8 Å². The van der Waals surface area contributed by atoms with Gasteiger partial charge in [0.05, 0.1) is 39.8 Å². The first kappa shape index (κ1) is 22.0. The largest absolute Gasteiger partial charge is 0.433 e. The van der Waals surface area contributed by atoms with E-state index in [1.807, 2.05) is 18.2 Å². The van der Waals surface area contributed by atoms with Crippen LogP contribution in [0.4, 0.5) is 13.2 Å². The molecule has 5 heterocycles. The smallest absolute Gasteiger partial charge is 0.324 e. The number of halogens is 3. The number of nitrogens with zero attached hydrogens (tertiary/aromatic N) is 6. The van der Waals surface area contributed by atoms with Crippen molar-refractivity contribution >= 4 is 26.5 Å². The van der Waals surface area contributed by atoms with Crippen molar-refractivity contribution in [3.63, 3.8) is 0 Å². The Bertz CT molecular complexity index is 1670. The molecular weight excluding hydrogens is 469 g/mol. The van der Waals surface area contributed by atoms with E-state index in [2.05, 4.69) is 19.9 Å². The van der Waals surface area contributed by atoms with E-state index >= 15 is 0 Å². The molecule has 34 heavy (non-hydrogen) atoms. The van der Waals surface area contributed by atoms with Crippen LogP contribution >= 0.6 is 0 Å². The molecule has 5 rings (SSSR count). The van der Waals surface area contributed by atoms with E-state index in [-0.39, 0.29) is 27.7 Å². The number of aryl methyl sites for hydroxylation is 1. The zero-order valence-corrected chi connectivity index (χ0v) is 18.8. The molecule has 0 unspecified atom stereocenters. The first-order valence-corrected chi connectivity index (χ1v) is 11.8. The Morgan fingerprint density at radius 1 is 1.03 bits per heavy atom. The van der Waals surface area contributed by atoms with Crippen LogP contribution in [0.15, 0.2) is 60.0 Å². The van der Waals surface area contributed by atoms with E-state index in [4.69, 9.17) is 0 Å². The number of fused-ring (bicyclic) bond motifs is 2. The zero-order valence-electron chi connectivity index (χ0n) is 17.9. The number of imidazole rings is 2. The van der Waals surface area contributed by atoms with Crippen LogP contribution in [0.3, 0.4) is 0 Å². The fraction of sp³-hybridized carbons (Fsp3) is 0.182. The van der Waals surface area contributed by atoms with Crippen molar-refractivity contribution in [1.82, 2.24) is 28.9 Å². The number of rotatable bonds is 4. The van der Waals surface area contributed by atoms with Crippen LogP contribution in [0.2, 0.25) is 0 Å². The van der Waals surface area contributed by atoms with Crippen molar-refractivity contribution in [3.05, 3.63) is 60.8 Å². The minimum atomic E-state index is -4.63. The van der Waals surface area contributed by atoms with E-state index in [1.54, 1.807) is 23.8 Å². The third-order valence-corrected chi connectivity index (χ3v) is 7.29.